The zero-order valence-electron chi connectivity index (χ0n) is 17.7. The second-order valence-corrected chi connectivity index (χ2v) is 7.62. The van der Waals surface area contributed by atoms with Crippen molar-refractivity contribution in [2.24, 2.45) is 0 Å². The van der Waals surface area contributed by atoms with E-state index < -0.39 is 11.9 Å². The van der Waals surface area contributed by atoms with Crippen molar-refractivity contribution >= 4 is 22.8 Å². The van der Waals surface area contributed by atoms with E-state index in [4.69, 9.17) is 18.9 Å². The molecule has 0 saturated carbocycles. The number of benzene rings is 1. The summed E-state index contributed by atoms with van der Waals surface area (Å²) in [6.45, 7) is 6.10. The van der Waals surface area contributed by atoms with Crippen molar-refractivity contribution in [3.05, 3.63) is 30.0 Å². The van der Waals surface area contributed by atoms with E-state index in [-0.39, 0.29) is 18.1 Å². The number of aromatic nitrogens is 2. The van der Waals surface area contributed by atoms with Crippen LogP contribution >= 0.6 is 0 Å². The number of rotatable bonds is 6. The Labute approximate surface area is 174 Å². The summed E-state index contributed by atoms with van der Waals surface area (Å²) in [6, 6.07) is 3.26. The van der Waals surface area contributed by atoms with Crippen LogP contribution < -0.4 is 20.1 Å². The molecule has 1 aromatic heterocycles. The number of fused-ring (bicyclic) bond motifs is 2. The second kappa shape index (κ2) is 7.73. The van der Waals surface area contributed by atoms with Crippen LogP contribution in [-0.2, 0) is 14.3 Å². The van der Waals surface area contributed by atoms with Gasteiger partial charge in [-0.05, 0) is 26.8 Å². The van der Waals surface area contributed by atoms with Crippen LogP contribution in [-0.4, -0.2) is 60.7 Å². The number of likely N-dealkylation sites (N-methyl/N-ethyl adjacent to an activating group) is 1. The van der Waals surface area contributed by atoms with Crippen LogP contribution in [0, 0.1) is 0 Å². The third-order valence-corrected chi connectivity index (χ3v) is 5.11. The minimum absolute atomic E-state index is 0.153. The summed E-state index contributed by atoms with van der Waals surface area (Å²) in [5.74, 6) is 0.789. The molecular weight excluding hydrogens is 388 g/mol. The molecule has 160 valence electrons. The molecule has 0 bridgehead atoms. The quantitative estimate of drug-likeness (QED) is 0.740. The molecule has 0 spiro atoms. The molecule has 1 saturated heterocycles. The van der Waals surface area contributed by atoms with Gasteiger partial charge in [-0.1, -0.05) is 0 Å². The standard InChI is InChI=1S/C21H26N4O5/c1-6-22-20(26)11-7-14(19-18(11)29-21(2,3)30-19)25-17-10-23-12-8-15(27-4)16(28-5)9-13(12)24-17/h7-10,14,18-19H,6H2,1-5H3,(H,22,26)(H,24,25)/t14-,18?,19+/m1/s1. The van der Waals surface area contributed by atoms with Crippen LogP contribution in [0.4, 0.5) is 5.82 Å². The van der Waals surface area contributed by atoms with Gasteiger partial charge in [0.1, 0.15) is 18.0 Å². The number of nitrogens with zero attached hydrogens (tertiary/aromatic N) is 2. The molecule has 30 heavy (non-hydrogen) atoms. The number of ether oxygens (including phenoxy) is 4. The lowest BCUT2D eigenvalue weighted by atomic mass is 10.1. The van der Waals surface area contributed by atoms with Crippen molar-refractivity contribution in [2.75, 3.05) is 26.1 Å². The molecule has 4 rings (SSSR count). The molecule has 9 heteroatoms. The van der Waals surface area contributed by atoms with Gasteiger partial charge < -0.3 is 29.6 Å². The molecular formula is C21H26N4O5. The normalized spacial score (nSPS) is 24.3. The van der Waals surface area contributed by atoms with Crippen molar-refractivity contribution in [1.82, 2.24) is 15.3 Å². The number of carbonyl (C=O) groups excluding carboxylic acids is 1. The smallest absolute Gasteiger partial charge is 0.249 e. The number of anilines is 1. The van der Waals surface area contributed by atoms with E-state index in [1.54, 1.807) is 32.5 Å². The molecule has 2 N–H and O–H groups in total. The molecule has 3 atom stereocenters. The van der Waals surface area contributed by atoms with Crippen LogP contribution in [0.15, 0.2) is 30.0 Å². The average molecular weight is 414 g/mol. The number of hydrogen-bond donors (Lipinski definition) is 2. The third-order valence-electron chi connectivity index (χ3n) is 5.11. The highest BCUT2D eigenvalue weighted by atomic mass is 16.8. The fraction of sp³-hybridized carbons (Fsp3) is 0.476. The molecule has 1 fully saturated rings. The Bertz CT molecular complexity index is 1010. The zero-order valence-corrected chi connectivity index (χ0v) is 17.7. The largest absolute Gasteiger partial charge is 0.493 e. The molecule has 1 aliphatic carbocycles. The van der Waals surface area contributed by atoms with Gasteiger partial charge in [0, 0.05) is 24.3 Å². The van der Waals surface area contributed by atoms with Gasteiger partial charge in [0.25, 0.3) is 0 Å². The first-order valence-electron chi connectivity index (χ1n) is 9.86. The molecule has 1 aliphatic heterocycles. The summed E-state index contributed by atoms with van der Waals surface area (Å²) in [6.07, 6.45) is 2.69. The predicted molar refractivity (Wildman–Crippen MR) is 111 cm³/mol. The predicted octanol–water partition coefficient (Wildman–Crippen LogP) is 2.02. The van der Waals surface area contributed by atoms with Crippen molar-refractivity contribution < 1.29 is 23.7 Å². The summed E-state index contributed by atoms with van der Waals surface area (Å²) in [5, 5.41) is 6.16. The van der Waals surface area contributed by atoms with E-state index in [9.17, 15) is 4.79 Å². The Hall–Kier alpha value is -2.91. The van der Waals surface area contributed by atoms with Gasteiger partial charge in [-0.3, -0.25) is 9.78 Å². The fourth-order valence-electron chi connectivity index (χ4n) is 3.85. The number of nitrogens with one attached hydrogen (secondary N) is 2. The Kier molecular flexibility index (Phi) is 5.25. The minimum atomic E-state index is -0.778. The number of hydrogen-bond acceptors (Lipinski definition) is 8. The highest BCUT2D eigenvalue weighted by Crippen LogP contribution is 2.39. The monoisotopic (exact) mass is 414 g/mol. The van der Waals surface area contributed by atoms with Crippen molar-refractivity contribution in [3.63, 3.8) is 0 Å². The van der Waals surface area contributed by atoms with E-state index in [0.29, 0.717) is 40.5 Å². The molecule has 2 heterocycles. The highest BCUT2D eigenvalue weighted by Gasteiger charge is 2.51. The first kappa shape index (κ1) is 20.4. The van der Waals surface area contributed by atoms with Crippen LogP contribution in [0.2, 0.25) is 0 Å². The van der Waals surface area contributed by atoms with Gasteiger partial charge in [-0.25, -0.2) is 4.98 Å². The Morgan fingerprint density at radius 2 is 1.87 bits per heavy atom. The maximum atomic E-state index is 12.5. The summed E-state index contributed by atoms with van der Waals surface area (Å²) in [4.78, 5) is 21.6. The fourth-order valence-corrected chi connectivity index (χ4v) is 3.85. The lowest BCUT2D eigenvalue weighted by Gasteiger charge is -2.22. The van der Waals surface area contributed by atoms with Gasteiger partial charge in [-0.2, -0.15) is 0 Å². The lowest BCUT2D eigenvalue weighted by molar-refractivity contribution is -0.146. The van der Waals surface area contributed by atoms with E-state index in [1.807, 2.05) is 26.8 Å². The summed E-state index contributed by atoms with van der Waals surface area (Å²) < 4.78 is 22.7. The Balaban J connectivity index is 1.63. The van der Waals surface area contributed by atoms with E-state index in [1.165, 1.54) is 0 Å². The second-order valence-electron chi connectivity index (χ2n) is 7.62. The summed E-state index contributed by atoms with van der Waals surface area (Å²) in [7, 11) is 3.15. The van der Waals surface area contributed by atoms with Crippen LogP contribution in [0.25, 0.3) is 11.0 Å². The van der Waals surface area contributed by atoms with Crippen LogP contribution in [0.5, 0.6) is 11.5 Å². The molecule has 9 nitrogen and oxygen atoms in total. The SMILES string of the molecule is CCNC(=O)C1=C[C@@H](Nc2cnc3cc(OC)c(OC)cc3n2)[C@@H]2OC(C)(C)OC12. The number of methoxy groups -OCH3 is 2. The van der Waals surface area contributed by atoms with Gasteiger partial charge in [0.2, 0.25) is 5.91 Å². The maximum absolute atomic E-state index is 12.5. The first-order valence-corrected chi connectivity index (χ1v) is 9.86. The van der Waals surface area contributed by atoms with E-state index in [2.05, 4.69) is 20.6 Å². The minimum Gasteiger partial charge on any atom is -0.493 e. The topological polar surface area (TPSA) is 104 Å². The third kappa shape index (κ3) is 3.66. The van der Waals surface area contributed by atoms with Crippen LogP contribution in [0.1, 0.15) is 20.8 Å². The number of amides is 1. The summed E-state index contributed by atoms with van der Waals surface area (Å²) in [5.41, 5.74) is 1.90. The molecule has 1 amide bonds. The van der Waals surface area contributed by atoms with Gasteiger partial charge in [0.15, 0.2) is 17.3 Å². The maximum Gasteiger partial charge on any atom is 0.249 e. The average Bonchev–Trinajstić information content (AvgIpc) is 3.20. The van der Waals surface area contributed by atoms with Crippen molar-refractivity contribution in [3.8, 4) is 11.5 Å². The van der Waals surface area contributed by atoms with Crippen LogP contribution in [0.3, 0.4) is 0 Å². The van der Waals surface area contributed by atoms with E-state index in [0.717, 1.165) is 0 Å². The molecule has 0 radical (unpaired) electrons. The van der Waals surface area contributed by atoms with E-state index >= 15 is 0 Å². The molecule has 1 aromatic carbocycles. The highest BCUT2D eigenvalue weighted by molar-refractivity contribution is 5.95. The Morgan fingerprint density at radius 3 is 2.53 bits per heavy atom. The van der Waals surface area contributed by atoms with Gasteiger partial charge in [-0.15, -0.1) is 0 Å². The van der Waals surface area contributed by atoms with Crippen molar-refractivity contribution in [2.45, 2.75) is 44.8 Å². The zero-order chi connectivity index (χ0) is 21.5. The molecule has 2 aliphatic rings. The van der Waals surface area contributed by atoms with Crippen molar-refractivity contribution in [1.29, 1.82) is 0 Å². The van der Waals surface area contributed by atoms with Gasteiger partial charge in [0.05, 0.1) is 37.5 Å². The molecule has 1 unspecified atom stereocenters. The van der Waals surface area contributed by atoms with Gasteiger partial charge >= 0.3 is 0 Å². The first-order chi connectivity index (χ1) is 14.3. The summed E-state index contributed by atoms with van der Waals surface area (Å²) >= 11 is 0. The Morgan fingerprint density at radius 1 is 1.17 bits per heavy atom. The molecule has 2 aromatic rings. The lowest BCUT2D eigenvalue weighted by Crippen LogP contribution is -2.36. The number of carbonyl (C=O) groups is 1.